The van der Waals surface area contributed by atoms with E-state index in [0.29, 0.717) is 25.8 Å². The second kappa shape index (κ2) is 10.5. The van der Waals surface area contributed by atoms with Gasteiger partial charge >= 0.3 is 5.97 Å². The highest BCUT2D eigenvalue weighted by molar-refractivity contribution is 7.80. The van der Waals surface area contributed by atoms with E-state index in [1.54, 1.807) is 0 Å². The first-order valence-corrected chi connectivity index (χ1v) is 9.72. The molecule has 4 atom stereocenters. The molecule has 10 heteroatoms. The normalized spacial score (nSPS) is 20.1. The van der Waals surface area contributed by atoms with Crippen LogP contribution in [0.15, 0.2) is 0 Å². The zero-order valence-corrected chi connectivity index (χ0v) is 16.9. The van der Waals surface area contributed by atoms with Gasteiger partial charge < -0.3 is 26.4 Å². The van der Waals surface area contributed by atoms with Crippen LogP contribution in [0.3, 0.4) is 0 Å². The predicted octanol–water partition coefficient (Wildman–Crippen LogP) is -0.645. The number of nitrogens with two attached hydrogens (primary N) is 1. The summed E-state index contributed by atoms with van der Waals surface area (Å²) in [5.41, 5.74) is 5.96. The second-order valence-corrected chi connectivity index (χ2v) is 7.60. The summed E-state index contributed by atoms with van der Waals surface area (Å²) in [4.78, 5) is 49.7. The fourth-order valence-corrected chi connectivity index (χ4v) is 3.22. The molecule has 1 heterocycles. The molecule has 0 bridgehead atoms. The van der Waals surface area contributed by atoms with Crippen LogP contribution in [-0.2, 0) is 19.2 Å². The van der Waals surface area contributed by atoms with E-state index in [4.69, 9.17) is 10.8 Å². The number of amides is 3. The molecule has 1 aliphatic rings. The highest BCUT2D eigenvalue weighted by Crippen LogP contribution is 2.20. The third-order valence-electron chi connectivity index (χ3n) is 4.43. The number of rotatable bonds is 9. The van der Waals surface area contributed by atoms with Crippen molar-refractivity contribution < 1.29 is 24.3 Å². The minimum Gasteiger partial charge on any atom is -0.480 e. The maximum absolute atomic E-state index is 12.6. The number of carboxylic acid groups (broad SMARTS) is 1. The number of nitrogens with one attached hydrogen (secondary N) is 2. The summed E-state index contributed by atoms with van der Waals surface area (Å²) in [7, 11) is 0. The van der Waals surface area contributed by atoms with Crippen molar-refractivity contribution >= 4 is 36.3 Å². The Kier molecular flexibility index (Phi) is 9.04. The summed E-state index contributed by atoms with van der Waals surface area (Å²) >= 11 is 4.06. The van der Waals surface area contributed by atoms with Gasteiger partial charge in [0.05, 0.1) is 6.04 Å². The number of hydrogen-bond acceptors (Lipinski definition) is 6. The van der Waals surface area contributed by atoms with Gasteiger partial charge in [-0.1, -0.05) is 13.8 Å². The molecule has 1 aliphatic heterocycles. The Balaban J connectivity index is 2.74. The van der Waals surface area contributed by atoms with Crippen molar-refractivity contribution in [3.05, 3.63) is 0 Å². The van der Waals surface area contributed by atoms with E-state index < -0.39 is 42.0 Å². The number of nitrogens with zero attached hydrogens (tertiary/aromatic N) is 1. The molecule has 1 rings (SSSR count). The molecule has 9 nitrogen and oxygen atoms in total. The summed E-state index contributed by atoms with van der Waals surface area (Å²) < 4.78 is 0. The second-order valence-electron chi connectivity index (χ2n) is 7.24. The standard InChI is InChI=1S/C17H30N4O5S/c1-9(2)7-11(18)16(24)21-6-4-5-13(21)15(23)20-12(8-27)14(22)19-10(3)17(25)26/h9-13,27H,4-8,18H2,1-3H3,(H,19,22)(H,20,23)(H,25,26). The molecule has 0 aromatic carbocycles. The lowest BCUT2D eigenvalue weighted by atomic mass is 10.0. The third kappa shape index (κ3) is 6.69. The molecular formula is C17H30N4O5S. The van der Waals surface area contributed by atoms with Crippen LogP contribution in [0.4, 0.5) is 0 Å². The molecule has 0 aliphatic carbocycles. The number of carbonyl (C=O) groups is 4. The lowest BCUT2D eigenvalue weighted by Crippen LogP contribution is -2.57. The molecule has 154 valence electrons. The average Bonchev–Trinajstić information content (AvgIpc) is 3.07. The van der Waals surface area contributed by atoms with Gasteiger partial charge in [-0.3, -0.25) is 19.2 Å². The molecule has 0 spiro atoms. The summed E-state index contributed by atoms with van der Waals surface area (Å²) in [6.07, 6.45) is 1.68. The quantitative estimate of drug-likeness (QED) is 0.325. The van der Waals surface area contributed by atoms with Gasteiger partial charge in [-0.2, -0.15) is 12.6 Å². The largest absolute Gasteiger partial charge is 0.480 e. The maximum Gasteiger partial charge on any atom is 0.325 e. The van der Waals surface area contributed by atoms with Crippen LogP contribution in [0, 0.1) is 5.92 Å². The fraction of sp³-hybridized carbons (Fsp3) is 0.765. The Morgan fingerprint density at radius 2 is 1.85 bits per heavy atom. The van der Waals surface area contributed by atoms with Gasteiger partial charge in [-0.25, -0.2) is 0 Å². The lowest BCUT2D eigenvalue weighted by molar-refractivity contribution is -0.142. The Labute approximate surface area is 164 Å². The van der Waals surface area contributed by atoms with Gasteiger partial charge in [-0.15, -0.1) is 0 Å². The molecule has 3 amide bonds. The van der Waals surface area contributed by atoms with Crippen LogP contribution in [0.1, 0.15) is 40.0 Å². The van der Waals surface area contributed by atoms with Crippen molar-refractivity contribution in [3.8, 4) is 0 Å². The number of carbonyl (C=O) groups excluding carboxylic acids is 3. The third-order valence-corrected chi connectivity index (χ3v) is 4.79. The zero-order chi connectivity index (χ0) is 20.7. The lowest BCUT2D eigenvalue weighted by Gasteiger charge is -2.28. The van der Waals surface area contributed by atoms with Gasteiger partial charge in [-0.05, 0) is 32.1 Å². The average molecular weight is 403 g/mol. The fourth-order valence-electron chi connectivity index (χ4n) is 2.96. The van der Waals surface area contributed by atoms with E-state index in [9.17, 15) is 19.2 Å². The summed E-state index contributed by atoms with van der Waals surface area (Å²) in [6, 6.07) is -3.44. The van der Waals surface area contributed by atoms with Crippen molar-refractivity contribution in [2.24, 2.45) is 11.7 Å². The van der Waals surface area contributed by atoms with Crippen molar-refractivity contribution in [1.82, 2.24) is 15.5 Å². The van der Waals surface area contributed by atoms with Gasteiger partial charge in [0.25, 0.3) is 0 Å². The van der Waals surface area contributed by atoms with Crippen molar-refractivity contribution in [2.45, 2.75) is 64.2 Å². The van der Waals surface area contributed by atoms with Gasteiger partial charge in [0.15, 0.2) is 0 Å². The van der Waals surface area contributed by atoms with E-state index in [2.05, 4.69) is 23.3 Å². The summed E-state index contributed by atoms with van der Waals surface area (Å²) in [6.45, 7) is 5.70. The molecule has 1 saturated heterocycles. The topological polar surface area (TPSA) is 142 Å². The molecule has 1 fully saturated rings. The Morgan fingerprint density at radius 3 is 2.37 bits per heavy atom. The molecule has 4 unspecified atom stereocenters. The summed E-state index contributed by atoms with van der Waals surface area (Å²) in [5.74, 6) is -2.30. The van der Waals surface area contributed by atoms with Gasteiger partial charge in [0.1, 0.15) is 18.1 Å². The van der Waals surface area contributed by atoms with E-state index in [1.807, 2.05) is 13.8 Å². The number of hydrogen-bond donors (Lipinski definition) is 5. The van der Waals surface area contributed by atoms with Crippen molar-refractivity contribution in [2.75, 3.05) is 12.3 Å². The minimum atomic E-state index is -1.18. The zero-order valence-electron chi connectivity index (χ0n) is 16.0. The maximum atomic E-state index is 12.6. The SMILES string of the molecule is CC(C)CC(N)C(=O)N1CCCC1C(=O)NC(CS)C(=O)NC(C)C(=O)O. The monoisotopic (exact) mass is 402 g/mol. The molecule has 27 heavy (non-hydrogen) atoms. The molecule has 0 radical (unpaired) electrons. The molecule has 0 saturated carbocycles. The van der Waals surface area contributed by atoms with Crippen LogP contribution < -0.4 is 16.4 Å². The van der Waals surface area contributed by atoms with Crippen LogP contribution in [0.5, 0.6) is 0 Å². The molecule has 0 aromatic heterocycles. The van der Waals surface area contributed by atoms with Crippen molar-refractivity contribution in [3.63, 3.8) is 0 Å². The minimum absolute atomic E-state index is 0.00254. The number of likely N-dealkylation sites (tertiary alicyclic amines) is 1. The summed E-state index contributed by atoms with van der Waals surface area (Å²) in [5, 5.41) is 13.7. The molecule has 0 aromatic rings. The number of thiol groups is 1. The van der Waals surface area contributed by atoms with Gasteiger partial charge in [0.2, 0.25) is 17.7 Å². The molecule has 5 N–H and O–H groups in total. The Bertz CT molecular complexity index is 572. The Morgan fingerprint density at radius 1 is 1.22 bits per heavy atom. The highest BCUT2D eigenvalue weighted by atomic mass is 32.1. The smallest absolute Gasteiger partial charge is 0.325 e. The number of carboxylic acids is 1. The highest BCUT2D eigenvalue weighted by Gasteiger charge is 2.37. The Hall–Kier alpha value is -1.81. The molecular weight excluding hydrogens is 372 g/mol. The predicted molar refractivity (Wildman–Crippen MR) is 103 cm³/mol. The van der Waals surface area contributed by atoms with Crippen LogP contribution in [-0.4, -0.2) is 70.2 Å². The first-order valence-electron chi connectivity index (χ1n) is 9.08. The van der Waals surface area contributed by atoms with Crippen molar-refractivity contribution in [1.29, 1.82) is 0 Å². The first kappa shape index (κ1) is 23.2. The van der Waals surface area contributed by atoms with Gasteiger partial charge in [0, 0.05) is 12.3 Å². The van der Waals surface area contributed by atoms with Crippen LogP contribution in [0.2, 0.25) is 0 Å². The van der Waals surface area contributed by atoms with Crippen LogP contribution in [0.25, 0.3) is 0 Å². The number of aliphatic carboxylic acids is 1. The van der Waals surface area contributed by atoms with E-state index in [1.165, 1.54) is 11.8 Å². The van der Waals surface area contributed by atoms with E-state index in [0.717, 1.165) is 0 Å². The van der Waals surface area contributed by atoms with E-state index >= 15 is 0 Å². The first-order chi connectivity index (χ1) is 12.6. The van der Waals surface area contributed by atoms with Crippen LogP contribution >= 0.6 is 12.6 Å². The van der Waals surface area contributed by atoms with E-state index in [-0.39, 0.29) is 17.6 Å².